The van der Waals surface area contributed by atoms with Crippen molar-refractivity contribution < 1.29 is 14.5 Å². The second kappa shape index (κ2) is 4.31. The van der Waals surface area contributed by atoms with E-state index >= 15 is 0 Å². The molecule has 16 heavy (non-hydrogen) atoms. The van der Waals surface area contributed by atoms with Crippen LogP contribution < -0.4 is 0 Å². The monoisotopic (exact) mass is 218 g/mol. The van der Waals surface area contributed by atoms with Crippen LogP contribution in [0, 0.1) is 21.4 Å². The Morgan fingerprint density at radius 3 is 2.56 bits per heavy atom. The van der Waals surface area contributed by atoms with Gasteiger partial charge >= 0.3 is 0 Å². The molecule has 0 bridgehead atoms. The Bertz CT molecular complexity index is 528. The van der Waals surface area contributed by atoms with Crippen LogP contribution in [-0.2, 0) is 0 Å². The van der Waals surface area contributed by atoms with Crippen LogP contribution >= 0.6 is 0 Å². The molecule has 0 radical (unpaired) electrons. The minimum absolute atomic E-state index is 0.0289. The fourth-order valence-corrected chi connectivity index (χ4v) is 1.33. The molecule has 1 rings (SSSR count). The molecule has 0 saturated heterocycles. The molecule has 0 N–H and O–H groups in total. The number of nitriles is 1. The molecule has 0 unspecified atom stereocenters. The highest BCUT2D eigenvalue weighted by Gasteiger charge is 2.22. The van der Waals surface area contributed by atoms with Crippen molar-refractivity contribution in [2.75, 3.05) is 0 Å². The summed E-state index contributed by atoms with van der Waals surface area (Å²) in [6.45, 7) is 1.13. The lowest BCUT2D eigenvalue weighted by Crippen LogP contribution is -2.05. The third kappa shape index (κ3) is 1.93. The molecule has 80 valence electrons. The van der Waals surface area contributed by atoms with Gasteiger partial charge in [-0.3, -0.25) is 19.7 Å². The van der Waals surface area contributed by atoms with Gasteiger partial charge in [-0.15, -0.1) is 0 Å². The zero-order valence-electron chi connectivity index (χ0n) is 8.26. The van der Waals surface area contributed by atoms with Gasteiger partial charge in [-0.25, -0.2) is 0 Å². The minimum atomic E-state index is -0.787. The van der Waals surface area contributed by atoms with Crippen LogP contribution in [0.1, 0.15) is 33.2 Å². The van der Waals surface area contributed by atoms with Crippen molar-refractivity contribution in [3.63, 3.8) is 0 Å². The average molecular weight is 218 g/mol. The summed E-state index contributed by atoms with van der Waals surface area (Å²) < 4.78 is 0. The maximum atomic E-state index is 11.2. The van der Waals surface area contributed by atoms with Crippen LogP contribution in [0.25, 0.3) is 0 Å². The number of carbonyl (C=O) groups excluding carboxylic acids is 2. The maximum Gasteiger partial charge on any atom is 0.282 e. The number of rotatable bonds is 3. The van der Waals surface area contributed by atoms with Crippen LogP contribution in [0.2, 0.25) is 0 Å². The number of benzene rings is 1. The number of nitro benzene ring substituents is 1. The number of nitro groups is 1. The quantitative estimate of drug-likeness (QED) is 0.331. The summed E-state index contributed by atoms with van der Waals surface area (Å²) in [5.74, 6) is -0.585. The van der Waals surface area contributed by atoms with E-state index in [1.165, 1.54) is 0 Å². The predicted molar refractivity (Wildman–Crippen MR) is 53.2 cm³/mol. The number of ketones is 1. The van der Waals surface area contributed by atoms with Gasteiger partial charge in [0.1, 0.15) is 5.56 Å². The van der Waals surface area contributed by atoms with E-state index in [-0.39, 0.29) is 16.7 Å². The number of carbonyl (C=O) groups is 2. The molecule has 0 aliphatic carbocycles. The summed E-state index contributed by atoms with van der Waals surface area (Å²) >= 11 is 0. The standard InChI is InChI=1S/C10H6N2O4/c1-6(14)10-8(5-13)2-7(4-11)3-9(10)12(15)16/h2-3,5H,1H3. The largest absolute Gasteiger partial charge is 0.298 e. The van der Waals surface area contributed by atoms with Crippen molar-refractivity contribution in [1.82, 2.24) is 0 Å². The highest BCUT2D eigenvalue weighted by Crippen LogP contribution is 2.24. The first-order valence-electron chi connectivity index (χ1n) is 4.20. The Balaban J connectivity index is 3.68. The van der Waals surface area contributed by atoms with Crippen molar-refractivity contribution in [1.29, 1.82) is 5.26 Å². The van der Waals surface area contributed by atoms with E-state index in [4.69, 9.17) is 5.26 Å². The fourth-order valence-electron chi connectivity index (χ4n) is 1.33. The Kier molecular flexibility index (Phi) is 3.11. The zero-order chi connectivity index (χ0) is 12.3. The molecular formula is C10H6N2O4. The second-order valence-electron chi connectivity index (χ2n) is 3.00. The van der Waals surface area contributed by atoms with Crippen molar-refractivity contribution >= 4 is 17.8 Å². The molecule has 0 amide bonds. The number of nitrogens with zero attached hydrogens (tertiary/aromatic N) is 2. The Morgan fingerprint density at radius 2 is 2.19 bits per heavy atom. The summed E-state index contributed by atoms with van der Waals surface area (Å²) in [6, 6.07) is 3.81. The molecular weight excluding hydrogens is 212 g/mol. The third-order valence-electron chi connectivity index (χ3n) is 1.95. The highest BCUT2D eigenvalue weighted by molar-refractivity contribution is 6.05. The van der Waals surface area contributed by atoms with Gasteiger partial charge in [0.25, 0.3) is 5.69 Å². The lowest BCUT2D eigenvalue weighted by molar-refractivity contribution is -0.385. The number of hydrogen-bond acceptors (Lipinski definition) is 5. The van der Waals surface area contributed by atoms with Crippen LogP contribution in [0.3, 0.4) is 0 Å². The SMILES string of the molecule is CC(=O)c1c(C=O)cc(C#N)cc1[N+](=O)[O-]. The van der Waals surface area contributed by atoms with E-state index in [9.17, 15) is 19.7 Å². The van der Waals surface area contributed by atoms with Gasteiger partial charge in [0.2, 0.25) is 0 Å². The Hall–Kier alpha value is -2.55. The van der Waals surface area contributed by atoms with E-state index in [1.807, 2.05) is 0 Å². The smallest absolute Gasteiger partial charge is 0.282 e. The lowest BCUT2D eigenvalue weighted by atomic mass is 10.00. The van der Waals surface area contributed by atoms with E-state index in [1.54, 1.807) is 6.07 Å². The van der Waals surface area contributed by atoms with Crippen molar-refractivity contribution in [3.05, 3.63) is 38.9 Å². The molecule has 0 aliphatic heterocycles. The topological polar surface area (TPSA) is 101 Å². The molecule has 0 heterocycles. The summed E-state index contributed by atoms with van der Waals surface area (Å²) in [5.41, 5.74) is -0.954. The second-order valence-corrected chi connectivity index (χ2v) is 3.00. The molecule has 0 saturated carbocycles. The van der Waals surface area contributed by atoms with Gasteiger partial charge in [0.15, 0.2) is 12.1 Å². The van der Waals surface area contributed by atoms with Gasteiger partial charge in [0.05, 0.1) is 16.6 Å². The molecule has 0 fully saturated rings. The van der Waals surface area contributed by atoms with E-state index in [2.05, 4.69) is 0 Å². The molecule has 0 aliphatic rings. The first kappa shape index (κ1) is 11.5. The van der Waals surface area contributed by atoms with E-state index in [0.29, 0.717) is 6.29 Å². The van der Waals surface area contributed by atoms with Gasteiger partial charge in [-0.05, 0) is 13.0 Å². The van der Waals surface area contributed by atoms with Crippen LogP contribution in [-0.4, -0.2) is 17.0 Å². The van der Waals surface area contributed by atoms with Crippen molar-refractivity contribution in [3.8, 4) is 6.07 Å². The maximum absolute atomic E-state index is 11.2. The van der Waals surface area contributed by atoms with Gasteiger partial charge < -0.3 is 0 Å². The molecule has 6 heteroatoms. The van der Waals surface area contributed by atoms with Gasteiger partial charge in [-0.2, -0.15) is 5.26 Å². The normalized spacial score (nSPS) is 9.25. The Morgan fingerprint density at radius 1 is 1.56 bits per heavy atom. The minimum Gasteiger partial charge on any atom is -0.298 e. The number of aldehydes is 1. The first-order valence-corrected chi connectivity index (χ1v) is 4.20. The summed E-state index contributed by atoms with van der Waals surface area (Å²) in [7, 11) is 0. The average Bonchev–Trinajstić information content (AvgIpc) is 2.26. The predicted octanol–water partition coefficient (Wildman–Crippen LogP) is 1.48. The number of Topliss-reactive ketones (excluding diaryl/α,β-unsaturated/α-hetero) is 1. The first-order chi connectivity index (χ1) is 7.51. The molecule has 1 aromatic rings. The molecule has 0 spiro atoms. The molecule has 6 nitrogen and oxygen atoms in total. The van der Waals surface area contributed by atoms with Crippen molar-refractivity contribution in [2.45, 2.75) is 6.92 Å². The summed E-state index contributed by atoms with van der Waals surface area (Å²) in [5, 5.41) is 19.3. The van der Waals surface area contributed by atoms with E-state index in [0.717, 1.165) is 19.1 Å². The van der Waals surface area contributed by atoms with Gasteiger partial charge in [0, 0.05) is 11.6 Å². The van der Waals surface area contributed by atoms with Crippen molar-refractivity contribution in [2.24, 2.45) is 0 Å². The summed E-state index contributed by atoms with van der Waals surface area (Å²) in [4.78, 5) is 31.8. The number of hydrogen-bond donors (Lipinski definition) is 0. The molecule has 1 aromatic carbocycles. The summed E-state index contributed by atoms with van der Waals surface area (Å²) in [6.07, 6.45) is 0.324. The van der Waals surface area contributed by atoms with E-state index < -0.39 is 16.4 Å². The van der Waals surface area contributed by atoms with Crippen LogP contribution in [0.4, 0.5) is 5.69 Å². The molecule has 0 atom stereocenters. The Labute approximate surface area is 90.3 Å². The molecule has 0 aromatic heterocycles. The van der Waals surface area contributed by atoms with Gasteiger partial charge in [-0.1, -0.05) is 0 Å². The zero-order valence-corrected chi connectivity index (χ0v) is 8.26. The fraction of sp³-hybridized carbons (Fsp3) is 0.100. The van der Waals surface area contributed by atoms with Crippen LogP contribution in [0.15, 0.2) is 12.1 Å². The lowest BCUT2D eigenvalue weighted by Gasteiger charge is -2.02. The van der Waals surface area contributed by atoms with Crippen LogP contribution in [0.5, 0.6) is 0 Å². The third-order valence-corrected chi connectivity index (χ3v) is 1.95. The highest BCUT2D eigenvalue weighted by atomic mass is 16.6.